The molecule has 3 aromatic carbocycles. The van der Waals surface area contributed by atoms with Crippen LogP contribution in [0.1, 0.15) is 23.6 Å². The molecular formula is C23H16F6. The van der Waals surface area contributed by atoms with Gasteiger partial charge < -0.3 is 0 Å². The van der Waals surface area contributed by atoms with Gasteiger partial charge in [-0.3, -0.25) is 0 Å². The van der Waals surface area contributed by atoms with Crippen LogP contribution in [0.25, 0.3) is 17.0 Å². The van der Waals surface area contributed by atoms with Crippen molar-refractivity contribution < 1.29 is 26.3 Å². The van der Waals surface area contributed by atoms with Gasteiger partial charge in [-0.25, -0.2) is 26.3 Å². The molecule has 0 unspecified atom stereocenters. The van der Waals surface area contributed by atoms with E-state index >= 15 is 0 Å². The molecule has 150 valence electrons. The smallest absolute Gasteiger partial charge is 0.194 e. The summed E-state index contributed by atoms with van der Waals surface area (Å²) in [4.78, 5) is 0. The second-order valence-electron chi connectivity index (χ2n) is 6.60. The van der Waals surface area contributed by atoms with E-state index in [2.05, 4.69) is 0 Å². The quantitative estimate of drug-likeness (QED) is 0.308. The van der Waals surface area contributed by atoms with Crippen LogP contribution in [0.2, 0.25) is 0 Å². The molecule has 0 aliphatic rings. The predicted octanol–water partition coefficient (Wildman–Crippen LogP) is 7.32. The third kappa shape index (κ3) is 4.70. The summed E-state index contributed by atoms with van der Waals surface area (Å²) in [7, 11) is 0. The van der Waals surface area contributed by atoms with Gasteiger partial charge in [-0.05, 0) is 60.2 Å². The van der Waals surface area contributed by atoms with Crippen LogP contribution in [0.4, 0.5) is 26.3 Å². The first kappa shape index (κ1) is 20.7. The minimum absolute atomic E-state index is 0.158. The van der Waals surface area contributed by atoms with E-state index in [9.17, 15) is 26.3 Å². The second kappa shape index (κ2) is 8.55. The fraction of sp³-hybridized carbons (Fsp3) is 0.130. The molecule has 0 radical (unpaired) electrons. The molecule has 0 N–H and O–H groups in total. The van der Waals surface area contributed by atoms with Gasteiger partial charge in [0.15, 0.2) is 23.3 Å². The molecule has 0 nitrogen and oxygen atoms in total. The summed E-state index contributed by atoms with van der Waals surface area (Å²) in [5.41, 5.74) is 1.74. The van der Waals surface area contributed by atoms with Crippen LogP contribution in [0.3, 0.4) is 0 Å². The van der Waals surface area contributed by atoms with Crippen LogP contribution in [-0.2, 0) is 12.8 Å². The number of halogens is 6. The van der Waals surface area contributed by atoms with Gasteiger partial charge >= 0.3 is 0 Å². The topological polar surface area (TPSA) is 0 Å². The van der Waals surface area contributed by atoms with E-state index in [1.54, 1.807) is 24.3 Å². The summed E-state index contributed by atoms with van der Waals surface area (Å²) in [6, 6.07) is 12.2. The first-order chi connectivity index (χ1) is 13.8. The zero-order chi connectivity index (χ0) is 21.1. The number of rotatable bonds is 5. The van der Waals surface area contributed by atoms with Gasteiger partial charge in [-0.15, -0.1) is 0 Å². The highest BCUT2D eigenvalue weighted by atomic mass is 19.2. The van der Waals surface area contributed by atoms with Crippen molar-refractivity contribution in [3.63, 3.8) is 0 Å². The van der Waals surface area contributed by atoms with E-state index in [0.717, 1.165) is 30.7 Å². The maximum atomic E-state index is 14.2. The van der Waals surface area contributed by atoms with Gasteiger partial charge in [0.25, 0.3) is 0 Å². The number of hydrogen-bond donors (Lipinski definition) is 0. The summed E-state index contributed by atoms with van der Waals surface area (Å²) < 4.78 is 80.4. The SMILES string of the molecule is CC(F)=C(F)c1ccc(CCc2ccc(-c3cc(F)c(F)c(F)c3)cc2)c(F)c1. The largest absolute Gasteiger partial charge is 0.209 e. The Hall–Kier alpha value is -3.02. The molecule has 0 aliphatic carbocycles. The molecule has 6 heteroatoms. The van der Waals surface area contributed by atoms with Gasteiger partial charge in [0.05, 0.1) is 0 Å². The maximum absolute atomic E-state index is 14.2. The molecule has 0 atom stereocenters. The zero-order valence-electron chi connectivity index (χ0n) is 15.4. The standard InChI is InChI=1S/C23H16F6/c1-13(24)22(28)17-9-8-16(19(25)10-17)7-4-14-2-5-15(6-3-14)18-11-20(26)23(29)21(27)12-18/h2-3,5-6,8-12H,4,7H2,1H3. The van der Waals surface area contributed by atoms with E-state index in [0.29, 0.717) is 24.0 Å². The molecule has 29 heavy (non-hydrogen) atoms. The van der Waals surface area contributed by atoms with Crippen molar-refractivity contribution in [2.75, 3.05) is 0 Å². The van der Waals surface area contributed by atoms with Crippen LogP contribution in [0.15, 0.2) is 60.4 Å². The highest BCUT2D eigenvalue weighted by molar-refractivity contribution is 5.64. The molecule has 0 spiro atoms. The van der Waals surface area contributed by atoms with Crippen molar-refractivity contribution in [3.8, 4) is 11.1 Å². The Labute approximate surface area is 164 Å². The highest BCUT2D eigenvalue weighted by Crippen LogP contribution is 2.26. The third-order valence-corrected chi connectivity index (χ3v) is 4.56. The maximum Gasteiger partial charge on any atom is 0.194 e. The van der Waals surface area contributed by atoms with Crippen molar-refractivity contribution in [2.24, 2.45) is 0 Å². The van der Waals surface area contributed by atoms with Gasteiger partial charge in [0, 0.05) is 5.56 Å². The summed E-state index contributed by atoms with van der Waals surface area (Å²) in [5.74, 6) is -6.80. The van der Waals surface area contributed by atoms with Crippen molar-refractivity contribution >= 4 is 5.83 Å². The molecule has 0 aromatic heterocycles. The van der Waals surface area contributed by atoms with Crippen LogP contribution in [0, 0.1) is 23.3 Å². The normalized spacial score (nSPS) is 12.1. The minimum Gasteiger partial charge on any atom is -0.209 e. The molecule has 0 fully saturated rings. The monoisotopic (exact) mass is 406 g/mol. The number of benzene rings is 3. The molecule has 0 saturated carbocycles. The van der Waals surface area contributed by atoms with Crippen LogP contribution < -0.4 is 0 Å². The average molecular weight is 406 g/mol. The minimum atomic E-state index is -1.52. The number of allylic oxidation sites excluding steroid dienone is 1. The van der Waals surface area contributed by atoms with Crippen LogP contribution in [-0.4, -0.2) is 0 Å². The molecule has 0 saturated heterocycles. The molecule has 3 aromatic rings. The Morgan fingerprint density at radius 3 is 1.86 bits per heavy atom. The van der Waals surface area contributed by atoms with Crippen molar-refractivity contribution in [2.45, 2.75) is 19.8 Å². The molecule has 0 amide bonds. The van der Waals surface area contributed by atoms with Crippen LogP contribution >= 0.6 is 0 Å². The number of aryl methyl sites for hydroxylation is 2. The van der Waals surface area contributed by atoms with Crippen molar-refractivity contribution in [3.05, 3.63) is 100 Å². The van der Waals surface area contributed by atoms with Gasteiger partial charge in [0.2, 0.25) is 0 Å². The van der Waals surface area contributed by atoms with Crippen LogP contribution in [0.5, 0.6) is 0 Å². The fourth-order valence-electron chi connectivity index (χ4n) is 2.95. The second-order valence-corrected chi connectivity index (χ2v) is 6.60. The van der Waals surface area contributed by atoms with E-state index in [1.807, 2.05) is 0 Å². The Kier molecular flexibility index (Phi) is 6.11. The predicted molar refractivity (Wildman–Crippen MR) is 100 cm³/mol. The van der Waals surface area contributed by atoms with E-state index in [1.165, 1.54) is 12.1 Å². The Morgan fingerprint density at radius 2 is 1.31 bits per heavy atom. The molecule has 3 rings (SSSR count). The summed E-state index contributed by atoms with van der Waals surface area (Å²) in [6.07, 6.45) is 0.786. The summed E-state index contributed by atoms with van der Waals surface area (Å²) in [5, 5.41) is 0. The molecule has 0 aliphatic heterocycles. The summed E-state index contributed by atoms with van der Waals surface area (Å²) in [6.45, 7) is 0.958. The van der Waals surface area contributed by atoms with E-state index in [4.69, 9.17) is 0 Å². The highest BCUT2D eigenvalue weighted by Gasteiger charge is 2.12. The lowest BCUT2D eigenvalue weighted by molar-refractivity contribution is 0.448. The van der Waals surface area contributed by atoms with Gasteiger partial charge in [-0.2, -0.15) is 0 Å². The summed E-state index contributed by atoms with van der Waals surface area (Å²) >= 11 is 0. The molecule has 0 heterocycles. The Balaban J connectivity index is 1.72. The molecule has 0 bridgehead atoms. The van der Waals surface area contributed by atoms with Gasteiger partial charge in [-0.1, -0.05) is 36.4 Å². The van der Waals surface area contributed by atoms with Crippen molar-refractivity contribution in [1.29, 1.82) is 0 Å². The zero-order valence-corrected chi connectivity index (χ0v) is 15.4. The molecular weight excluding hydrogens is 390 g/mol. The first-order valence-electron chi connectivity index (χ1n) is 8.81. The van der Waals surface area contributed by atoms with E-state index < -0.39 is 34.9 Å². The van der Waals surface area contributed by atoms with Gasteiger partial charge in [0.1, 0.15) is 11.6 Å². The number of hydrogen-bond acceptors (Lipinski definition) is 0. The lowest BCUT2D eigenvalue weighted by Crippen LogP contribution is -1.96. The first-order valence-corrected chi connectivity index (χ1v) is 8.81. The lowest BCUT2D eigenvalue weighted by atomic mass is 9.99. The Morgan fingerprint density at radius 1 is 0.690 bits per heavy atom. The Bertz CT molecular complexity index is 1040. The lowest BCUT2D eigenvalue weighted by Gasteiger charge is -2.08. The third-order valence-electron chi connectivity index (χ3n) is 4.56. The fourth-order valence-corrected chi connectivity index (χ4v) is 2.95. The van der Waals surface area contributed by atoms with E-state index in [-0.39, 0.29) is 11.1 Å². The van der Waals surface area contributed by atoms with Crippen molar-refractivity contribution in [1.82, 2.24) is 0 Å². The average Bonchev–Trinajstić information content (AvgIpc) is 2.70.